The van der Waals surface area contributed by atoms with Crippen LogP contribution in [0, 0.1) is 0 Å². The molecule has 0 aliphatic carbocycles. The van der Waals surface area contributed by atoms with Crippen LogP contribution in [0.3, 0.4) is 0 Å². The molecule has 10 heteroatoms. The Bertz CT molecular complexity index is 1010. The molecule has 2 amide bonds. The van der Waals surface area contributed by atoms with Gasteiger partial charge in [-0.15, -0.1) is 11.8 Å². The Morgan fingerprint density at radius 2 is 1.85 bits per heavy atom. The lowest BCUT2D eigenvalue weighted by atomic mass is 9.95. The van der Waals surface area contributed by atoms with Crippen molar-refractivity contribution in [1.82, 2.24) is 25.5 Å². The number of nitrogens with one attached hydrogen (secondary N) is 2. The van der Waals surface area contributed by atoms with Gasteiger partial charge in [0.2, 0.25) is 5.95 Å². The van der Waals surface area contributed by atoms with Crippen LogP contribution in [-0.2, 0) is 9.53 Å². The topological polar surface area (TPSA) is 99.7 Å². The maximum Gasteiger partial charge on any atom is 0.338 e. The van der Waals surface area contributed by atoms with Gasteiger partial charge < -0.3 is 20.3 Å². The molecule has 33 heavy (non-hydrogen) atoms. The summed E-state index contributed by atoms with van der Waals surface area (Å²) in [4.78, 5) is 39.6. The van der Waals surface area contributed by atoms with E-state index in [4.69, 9.17) is 4.74 Å². The van der Waals surface area contributed by atoms with Crippen molar-refractivity contribution >= 4 is 29.7 Å². The van der Waals surface area contributed by atoms with Crippen LogP contribution >= 0.6 is 11.8 Å². The van der Waals surface area contributed by atoms with Gasteiger partial charge in [-0.2, -0.15) is 0 Å². The SMILES string of the molecule is CCOC(=O)C1=C(CN2CCN(c3ncccn3)CC2)NC(=O)N[C@@H]1c1ccc(SC)cc1. The molecule has 1 atom stereocenters. The lowest BCUT2D eigenvalue weighted by molar-refractivity contribution is -0.139. The number of hydrogen-bond acceptors (Lipinski definition) is 8. The van der Waals surface area contributed by atoms with Crippen LogP contribution in [0.1, 0.15) is 18.5 Å². The van der Waals surface area contributed by atoms with Crippen LogP contribution in [-0.4, -0.2) is 72.5 Å². The molecule has 1 aromatic heterocycles. The third-order valence-electron chi connectivity index (χ3n) is 5.69. The first-order valence-corrected chi connectivity index (χ1v) is 12.2. The first-order chi connectivity index (χ1) is 16.1. The molecule has 3 heterocycles. The number of amides is 2. The molecule has 2 aliphatic heterocycles. The highest BCUT2D eigenvalue weighted by Crippen LogP contribution is 2.29. The zero-order valence-corrected chi connectivity index (χ0v) is 19.6. The van der Waals surface area contributed by atoms with Crippen molar-refractivity contribution in [2.75, 3.05) is 50.5 Å². The Hall–Kier alpha value is -3.11. The van der Waals surface area contributed by atoms with Gasteiger partial charge in [0.15, 0.2) is 0 Å². The smallest absolute Gasteiger partial charge is 0.338 e. The summed E-state index contributed by atoms with van der Waals surface area (Å²) < 4.78 is 5.37. The summed E-state index contributed by atoms with van der Waals surface area (Å²) in [5.41, 5.74) is 1.87. The molecule has 0 saturated carbocycles. The third kappa shape index (κ3) is 5.45. The van der Waals surface area contributed by atoms with Gasteiger partial charge >= 0.3 is 12.0 Å². The Labute approximate surface area is 197 Å². The average Bonchev–Trinajstić information content (AvgIpc) is 2.85. The number of urea groups is 1. The summed E-state index contributed by atoms with van der Waals surface area (Å²) in [5, 5.41) is 5.76. The normalized spacial score (nSPS) is 19.2. The predicted molar refractivity (Wildman–Crippen MR) is 127 cm³/mol. The second-order valence-corrected chi connectivity index (χ2v) is 8.61. The maximum absolute atomic E-state index is 13.0. The number of nitrogens with zero attached hydrogens (tertiary/aromatic N) is 4. The zero-order chi connectivity index (χ0) is 23.2. The fourth-order valence-electron chi connectivity index (χ4n) is 4.02. The first-order valence-electron chi connectivity index (χ1n) is 10.9. The largest absolute Gasteiger partial charge is 0.463 e. The molecule has 1 aromatic carbocycles. The van der Waals surface area contributed by atoms with E-state index in [1.54, 1.807) is 37.1 Å². The van der Waals surface area contributed by atoms with E-state index < -0.39 is 12.0 Å². The van der Waals surface area contributed by atoms with Gasteiger partial charge in [-0.05, 0) is 36.9 Å². The number of esters is 1. The number of aromatic nitrogens is 2. The average molecular weight is 469 g/mol. The molecule has 1 saturated heterocycles. The number of ether oxygens (including phenoxy) is 1. The highest BCUT2D eigenvalue weighted by atomic mass is 32.2. The van der Waals surface area contributed by atoms with Crippen LogP contribution in [0.4, 0.5) is 10.7 Å². The number of benzene rings is 1. The molecule has 1 fully saturated rings. The van der Waals surface area contributed by atoms with Crippen LogP contribution in [0.2, 0.25) is 0 Å². The molecule has 174 valence electrons. The highest BCUT2D eigenvalue weighted by molar-refractivity contribution is 7.98. The molecule has 0 bridgehead atoms. The van der Waals surface area contributed by atoms with Crippen molar-refractivity contribution < 1.29 is 14.3 Å². The molecule has 0 unspecified atom stereocenters. The van der Waals surface area contributed by atoms with Crippen LogP contribution in [0.5, 0.6) is 0 Å². The molecule has 0 radical (unpaired) electrons. The minimum atomic E-state index is -0.567. The van der Waals surface area contributed by atoms with Gasteiger partial charge in [-0.25, -0.2) is 19.6 Å². The van der Waals surface area contributed by atoms with Crippen molar-refractivity contribution in [2.24, 2.45) is 0 Å². The minimum Gasteiger partial charge on any atom is -0.463 e. The molecular formula is C23H28N6O3S. The molecule has 0 spiro atoms. The second kappa shape index (κ2) is 10.7. The van der Waals surface area contributed by atoms with E-state index in [9.17, 15) is 9.59 Å². The number of carbonyl (C=O) groups excluding carboxylic acids is 2. The van der Waals surface area contributed by atoms with E-state index in [0.29, 0.717) is 23.8 Å². The van der Waals surface area contributed by atoms with E-state index >= 15 is 0 Å². The third-order valence-corrected chi connectivity index (χ3v) is 6.43. The molecule has 2 N–H and O–H groups in total. The summed E-state index contributed by atoms with van der Waals surface area (Å²) in [6.07, 6.45) is 5.48. The monoisotopic (exact) mass is 468 g/mol. The Balaban J connectivity index is 1.56. The number of hydrogen-bond donors (Lipinski definition) is 2. The van der Waals surface area contributed by atoms with Gasteiger partial charge in [0, 0.05) is 55.7 Å². The van der Waals surface area contributed by atoms with Crippen LogP contribution in [0.25, 0.3) is 0 Å². The summed E-state index contributed by atoms with van der Waals surface area (Å²) >= 11 is 1.64. The van der Waals surface area contributed by atoms with E-state index in [0.717, 1.165) is 36.6 Å². The van der Waals surface area contributed by atoms with Crippen molar-refractivity contribution in [2.45, 2.75) is 17.9 Å². The van der Waals surface area contributed by atoms with E-state index in [2.05, 4.69) is 30.4 Å². The van der Waals surface area contributed by atoms with Crippen molar-refractivity contribution in [3.8, 4) is 0 Å². The summed E-state index contributed by atoms with van der Waals surface area (Å²) in [5.74, 6) is 0.294. The predicted octanol–water partition coefficient (Wildman–Crippen LogP) is 2.19. The second-order valence-electron chi connectivity index (χ2n) is 7.73. The maximum atomic E-state index is 13.0. The Morgan fingerprint density at radius 3 is 2.48 bits per heavy atom. The van der Waals surface area contributed by atoms with Crippen LogP contribution < -0.4 is 15.5 Å². The van der Waals surface area contributed by atoms with Gasteiger partial charge in [-0.1, -0.05) is 12.1 Å². The Kier molecular flexibility index (Phi) is 7.46. The number of carbonyl (C=O) groups is 2. The van der Waals surface area contributed by atoms with Gasteiger partial charge in [0.25, 0.3) is 0 Å². The number of anilines is 1. The minimum absolute atomic E-state index is 0.261. The molecule has 2 aromatic rings. The van der Waals surface area contributed by atoms with Crippen molar-refractivity contribution in [3.63, 3.8) is 0 Å². The fraction of sp³-hybridized carbons (Fsp3) is 0.391. The van der Waals surface area contributed by atoms with Gasteiger partial charge in [0.1, 0.15) is 0 Å². The standard InChI is InChI=1S/C23H28N6O3S/c1-3-32-21(30)19-18(15-28-11-13-29(14-12-28)22-24-9-4-10-25-22)26-23(31)27-20(19)16-5-7-17(33-2)8-6-16/h4-10,20H,3,11-15H2,1-2H3,(H2,26,27,31)/t20-/m1/s1. The zero-order valence-electron chi connectivity index (χ0n) is 18.8. The molecule has 2 aliphatic rings. The lowest BCUT2D eigenvalue weighted by Gasteiger charge is -2.37. The van der Waals surface area contributed by atoms with Crippen molar-refractivity contribution in [3.05, 3.63) is 59.6 Å². The summed E-state index contributed by atoms with van der Waals surface area (Å²) in [6, 6.07) is 8.77. The van der Waals surface area contributed by atoms with E-state index in [-0.39, 0.29) is 12.6 Å². The van der Waals surface area contributed by atoms with Crippen LogP contribution in [0.15, 0.2) is 58.9 Å². The van der Waals surface area contributed by atoms with E-state index in [1.165, 1.54) is 0 Å². The first kappa shape index (κ1) is 23.1. The number of rotatable bonds is 7. The molecular weight excluding hydrogens is 440 g/mol. The van der Waals surface area contributed by atoms with E-state index in [1.807, 2.05) is 30.5 Å². The fourth-order valence-corrected chi connectivity index (χ4v) is 4.43. The van der Waals surface area contributed by atoms with Gasteiger partial charge in [-0.3, -0.25) is 4.90 Å². The highest BCUT2D eigenvalue weighted by Gasteiger charge is 2.34. The lowest BCUT2D eigenvalue weighted by Crippen LogP contribution is -2.52. The number of piperazine rings is 1. The molecule has 4 rings (SSSR count). The molecule has 9 nitrogen and oxygen atoms in total. The summed E-state index contributed by atoms with van der Waals surface area (Å²) in [6.45, 7) is 5.53. The van der Waals surface area contributed by atoms with Crippen molar-refractivity contribution in [1.29, 1.82) is 0 Å². The number of thioether (sulfide) groups is 1. The Morgan fingerprint density at radius 1 is 1.15 bits per heavy atom. The quantitative estimate of drug-likeness (QED) is 0.471. The van der Waals surface area contributed by atoms with Gasteiger partial charge in [0.05, 0.1) is 18.2 Å². The summed E-state index contributed by atoms with van der Waals surface area (Å²) in [7, 11) is 0.